The molecule has 1 saturated heterocycles. The standard InChI is InChI=1S/C16H21FN2O3/c1-18-15(20)10-13(11-5-7-12(17)8-6-11)14-4-2-3-9-19(14)16(21)22/h5-8,13-14H,2-4,9-10H2,1H3,(H,18,20)(H,21,22). The van der Waals surface area contributed by atoms with Crippen LogP contribution in [0.2, 0.25) is 0 Å². The SMILES string of the molecule is CNC(=O)CC(c1ccc(F)cc1)C1CCCCN1C(=O)O. The number of benzene rings is 1. The molecule has 5 nitrogen and oxygen atoms in total. The van der Waals surface area contributed by atoms with Gasteiger partial charge in [-0.3, -0.25) is 4.79 Å². The van der Waals surface area contributed by atoms with Crippen LogP contribution in [-0.2, 0) is 4.79 Å². The number of carbonyl (C=O) groups excluding carboxylic acids is 1. The van der Waals surface area contributed by atoms with Gasteiger partial charge in [-0.1, -0.05) is 12.1 Å². The molecule has 2 N–H and O–H groups in total. The van der Waals surface area contributed by atoms with Crippen molar-refractivity contribution < 1.29 is 19.1 Å². The second-order valence-electron chi connectivity index (χ2n) is 5.57. The summed E-state index contributed by atoms with van der Waals surface area (Å²) in [6.07, 6.45) is 1.70. The molecule has 6 heteroatoms. The van der Waals surface area contributed by atoms with Crippen molar-refractivity contribution in [3.05, 3.63) is 35.6 Å². The molecule has 1 heterocycles. The third kappa shape index (κ3) is 3.75. The van der Waals surface area contributed by atoms with Crippen LogP contribution in [-0.4, -0.2) is 41.6 Å². The fraction of sp³-hybridized carbons (Fsp3) is 0.500. The lowest BCUT2D eigenvalue weighted by Gasteiger charge is -2.38. The van der Waals surface area contributed by atoms with E-state index in [1.165, 1.54) is 17.0 Å². The summed E-state index contributed by atoms with van der Waals surface area (Å²) in [5.74, 6) is -0.761. The Morgan fingerprint density at radius 1 is 1.36 bits per heavy atom. The summed E-state index contributed by atoms with van der Waals surface area (Å²) in [5, 5.41) is 12.0. The molecule has 1 aromatic rings. The topological polar surface area (TPSA) is 69.6 Å². The number of nitrogens with one attached hydrogen (secondary N) is 1. The van der Waals surface area contributed by atoms with Crippen molar-refractivity contribution in [2.75, 3.05) is 13.6 Å². The number of carboxylic acid groups (broad SMARTS) is 1. The molecule has 0 bridgehead atoms. The normalized spacial score (nSPS) is 19.5. The third-order valence-corrected chi connectivity index (χ3v) is 4.24. The van der Waals surface area contributed by atoms with Crippen LogP contribution in [0.5, 0.6) is 0 Å². The van der Waals surface area contributed by atoms with Gasteiger partial charge in [-0.05, 0) is 37.0 Å². The van der Waals surface area contributed by atoms with Crippen LogP contribution in [0.15, 0.2) is 24.3 Å². The van der Waals surface area contributed by atoms with Gasteiger partial charge in [0.25, 0.3) is 0 Å². The minimum atomic E-state index is -0.964. The molecule has 2 rings (SSSR count). The van der Waals surface area contributed by atoms with Crippen molar-refractivity contribution >= 4 is 12.0 Å². The van der Waals surface area contributed by atoms with E-state index >= 15 is 0 Å². The number of piperidine rings is 1. The van der Waals surface area contributed by atoms with Gasteiger partial charge < -0.3 is 15.3 Å². The molecular formula is C16H21FN2O3. The summed E-state index contributed by atoms with van der Waals surface area (Å²) in [7, 11) is 1.56. The highest BCUT2D eigenvalue weighted by molar-refractivity contribution is 5.77. The van der Waals surface area contributed by atoms with E-state index < -0.39 is 6.09 Å². The Morgan fingerprint density at radius 3 is 2.64 bits per heavy atom. The summed E-state index contributed by atoms with van der Waals surface area (Å²) in [5.41, 5.74) is 0.795. The molecule has 0 aromatic heterocycles. The van der Waals surface area contributed by atoms with Crippen molar-refractivity contribution in [3.63, 3.8) is 0 Å². The van der Waals surface area contributed by atoms with Gasteiger partial charge in [0.15, 0.2) is 0 Å². The van der Waals surface area contributed by atoms with Gasteiger partial charge in [0.05, 0.1) is 0 Å². The van der Waals surface area contributed by atoms with Crippen molar-refractivity contribution in [3.8, 4) is 0 Å². The van der Waals surface area contributed by atoms with Crippen LogP contribution in [0.4, 0.5) is 9.18 Å². The van der Waals surface area contributed by atoms with Gasteiger partial charge >= 0.3 is 6.09 Å². The molecule has 2 atom stereocenters. The molecule has 1 fully saturated rings. The van der Waals surface area contributed by atoms with Crippen LogP contribution in [0.1, 0.15) is 37.2 Å². The molecular weight excluding hydrogens is 287 g/mol. The summed E-state index contributed by atoms with van der Waals surface area (Å²) >= 11 is 0. The molecule has 1 aromatic carbocycles. The number of hydrogen-bond donors (Lipinski definition) is 2. The van der Waals surface area contributed by atoms with Crippen LogP contribution in [0.25, 0.3) is 0 Å². The van der Waals surface area contributed by atoms with E-state index in [0.29, 0.717) is 13.0 Å². The highest BCUT2D eigenvalue weighted by atomic mass is 19.1. The number of amides is 2. The molecule has 1 aliphatic rings. The highest BCUT2D eigenvalue weighted by Crippen LogP contribution is 2.33. The lowest BCUT2D eigenvalue weighted by Crippen LogP contribution is -2.47. The van der Waals surface area contributed by atoms with Gasteiger partial charge in [0.2, 0.25) is 5.91 Å². The van der Waals surface area contributed by atoms with Crippen LogP contribution in [0.3, 0.4) is 0 Å². The minimum Gasteiger partial charge on any atom is -0.465 e. The summed E-state index contributed by atoms with van der Waals surface area (Å²) < 4.78 is 13.1. The molecule has 0 saturated carbocycles. The maximum Gasteiger partial charge on any atom is 0.407 e. The summed E-state index contributed by atoms with van der Waals surface area (Å²) in [4.78, 5) is 24.7. The fourth-order valence-electron chi connectivity index (χ4n) is 3.10. The first kappa shape index (κ1) is 16.3. The van der Waals surface area contributed by atoms with Crippen molar-refractivity contribution in [2.45, 2.75) is 37.6 Å². The number of likely N-dealkylation sites (tertiary alicyclic amines) is 1. The Balaban J connectivity index is 2.31. The van der Waals surface area contributed by atoms with E-state index in [1.807, 2.05) is 0 Å². The average molecular weight is 308 g/mol. The number of nitrogens with zero attached hydrogens (tertiary/aromatic N) is 1. The maximum absolute atomic E-state index is 13.1. The van der Waals surface area contributed by atoms with E-state index in [4.69, 9.17) is 0 Å². The summed E-state index contributed by atoms with van der Waals surface area (Å²) in [6, 6.07) is 5.71. The van der Waals surface area contributed by atoms with Crippen LogP contribution >= 0.6 is 0 Å². The fourth-order valence-corrected chi connectivity index (χ4v) is 3.10. The molecule has 120 valence electrons. The van der Waals surface area contributed by atoms with E-state index in [-0.39, 0.29) is 30.1 Å². The summed E-state index contributed by atoms with van der Waals surface area (Å²) in [6.45, 7) is 0.478. The first-order valence-corrected chi connectivity index (χ1v) is 7.48. The Kier molecular flexibility index (Phi) is 5.35. The molecule has 2 unspecified atom stereocenters. The van der Waals surface area contributed by atoms with Crippen LogP contribution < -0.4 is 5.32 Å². The zero-order valence-corrected chi connectivity index (χ0v) is 12.6. The minimum absolute atomic E-state index is 0.148. The van der Waals surface area contributed by atoms with Gasteiger partial charge in [-0.2, -0.15) is 0 Å². The molecule has 0 spiro atoms. The van der Waals surface area contributed by atoms with Crippen molar-refractivity contribution in [1.29, 1.82) is 0 Å². The average Bonchev–Trinajstić information content (AvgIpc) is 2.53. The Hall–Kier alpha value is -2.11. The number of hydrogen-bond acceptors (Lipinski definition) is 2. The predicted octanol–water partition coefficient (Wildman–Crippen LogP) is 2.58. The Morgan fingerprint density at radius 2 is 2.05 bits per heavy atom. The van der Waals surface area contributed by atoms with E-state index in [0.717, 1.165) is 18.4 Å². The molecule has 1 aliphatic heterocycles. The quantitative estimate of drug-likeness (QED) is 0.898. The molecule has 0 aliphatic carbocycles. The second-order valence-corrected chi connectivity index (χ2v) is 5.57. The van der Waals surface area contributed by atoms with E-state index in [1.54, 1.807) is 19.2 Å². The first-order chi connectivity index (χ1) is 10.5. The monoisotopic (exact) mass is 308 g/mol. The number of halogens is 1. The molecule has 22 heavy (non-hydrogen) atoms. The van der Waals surface area contributed by atoms with Gasteiger partial charge in [-0.15, -0.1) is 0 Å². The second kappa shape index (κ2) is 7.24. The zero-order valence-electron chi connectivity index (χ0n) is 12.6. The van der Waals surface area contributed by atoms with Crippen molar-refractivity contribution in [1.82, 2.24) is 10.2 Å². The number of carbonyl (C=O) groups is 2. The van der Waals surface area contributed by atoms with Gasteiger partial charge in [0.1, 0.15) is 5.82 Å². The molecule has 0 radical (unpaired) electrons. The van der Waals surface area contributed by atoms with E-state index in [9.17, 15) is 19.1 Å². The van der Waals surface area contributed by atoms with Crippen LogP contribution in [0, 0.1) is 5.82 Å². The number of rotatable bonds is 4. The molecule has 2 amide bonds. The van der Waals surface area contributed by atoms with E-state index in [2.05, 4.69) is 5.32 Å². The first-order valence-electron chi connectivity index (χ1n) is 7.48. The van der Waals surface area contributed by atoms with Crippen molar-refractivity contribution in [2.24, 2.45) is 0 Å². The maximum atomic E-state index is 13.1. The Labute approximate surface area is 129 Å². The third-order valence-electron chi connectivity index (χ3n) is 4.24. The van der Waals surface area contributed by atoms with Gasteiger partial charge in [-0.25, -0.2) is 9.18 Å². The lowest BCUT2D eigenvalue weighted by atomic mass is 9.83. The smallest absolute Gasteiger partial charge is 0.407 e. The van der Waals surface area contributed by atoms with Gasteiger partial charge in [0, 0.05) is 32.0 Å². The predicted molar refractivity (Wildman–Crippen MR) is 80.2 cm³/mol. The Bertz CT molecular complexity index is 533. The lowest BCUT2D eigenvalue weighted by molar-refractivity contribution is -0.121. The highest BCUT2D eigenvalue weighted by Gasteiger charge is 2.34. The zero-order chi connectivity index (χ0) is 16.1. The largest absolute Gasteiger partial charge is 0.465 e.